The summed E-state index contributed by atoms with van der Waals surface area (Å²) in [6.07, 6.45) is 0. The molecule has 6 heterocycles. The van der Waals surface area contributed by atoms with Crippen molar-refractivity contribution in [2.24, 2.45) is 0 Å². The lowest BCUT2D eigenvalue weighted by atomic mass is 10.0. The zero-order chi connectivity index (χ0) is 74.9. The fraction of sp³-hybridized carbons (Fsp3) is 0. The summed E-state index contributed by atoms with van der Waals surface area (Å²) in [6, 6.07) is 155. The Morgan fingerprint density at radius 3 is 0.570 bits per heavy atom. The Bertz CT molecular complexity index is 7870. The van der Waals surface area contributed by atoms with Crippen LogP contribution in [0.5, 0.6) is 0 Å². The molecule has 0 unspecified atom stereocenters. The minimum atomic E-state index is 1.14. The molecule has 0 aliphatic carbocycles. The van der Waals surface area contributed by atoms with E-state index in [1.807, 2.05) is 0 Å². The lowest BCUT2D eigenvalue weighted by Gasteiger charge is -2.13. The van der Waals surface area contributed by atoms with Crippen LogP contribution >= 0.6 is 0 Å². The van der Waals surface area contributed by atoms with Gasteiger partial charge in [-0.05, 0) is 202 Å². The third kappa shape index (κ3) is 10.4. The van der Waals surface area contributed by atoms with E-state index >= 15 is 0 Å². The van der Waals surface area contributed by atoms with Crippen LogP contribution < -0.4 is 0 Å². The van der Waals surface area contributed by atoms with Gasteiger partial charge in [0, 0.05) is 98.8 Å². The number of aromatic nitrogens is 6. The van der Waals surface area contributed by atoms with Gasteiger partial charge in [-0.1, -0.05) is 267 Å². The number of rotatable bonds is 10. The molecule has 0 N–H and O–H groups in total. The fourth-order valence-corrected chi connectivity index (χ4v) is 18.6. The topological polar surface area (TPSA) is 29.6 Å². The van der Waals surface area contributed by atoms with Crippen molar-refractivity contribution < 1.29 is 0 Å². The van der Waals surface area contributed by atoms with Crippen molar-refractivity contribution in [2.45, 2.75) is 0 Å². The van der Waals surface area contributed by atoms with E-state index in [1.165, 1.54) is 175 Å². The Labute approximate surface area is 657 Å². The van der Waals surface area contributed by atoms with Gasteiger partial charge in [-0.3, -0.25) is 0 Å². The number of nitrogens with zero attached hydrogens (tertiary/aromatic N) is 6. The van der Waals surface area contributed by atoms with Crippen molar-refractivity contribution in [3.8, 4) is 78.6 Å². The predicted molar refractivity (Wildman–Crippen MR) is 481 cm³/mol. The molecule has 114 heavy (non-hydrogen) atoms. The van der Waals surface area contributed by atoms with Crippen LogP contribution in [0, 0.1) is 0 Å². The molecule has 0 atom stereocenters. The van der Waals surface area contributed by atoms with Gasteiger partial charge in [0.1, 0.15) is 0 Å². The summed E-state index contributed by atoms with van der Waals surface area (Å²) in [5, 5.41) is 15.0. The Morgan fingerprint density at radius 1 is 0.0965 bits per heavy atom. The van der Waals surface area contributed by atoms with E-state index < -0.39 is 0 Å². The Balaban J connectivity index is 0.000000135. The van der Waals surface area contributed by atoms with Gasteiger partial charge >= 0.3 is 0 Å². The number of benzene rings is 18. The van der Waals surface area contributed by atoms with E-state index in [4.69, 9.17) is 0 Å². The first-order valence-corrected chi connectivity index (χ1v) is 39.2. The largest absolute Gasteiger partial charge is 0.309 e. The van der Waals surface area contributed by atoms with E-state index in [0.29, 0.717) is 0 Å². The first kappa shape index (κ1) is 64.7. The van der Waals surface area contributed by atoms with E-state index in [-0.39, 0.29) is 0 Å². The van der Waals surface area contributed by atoms with Crippen LogP contribution in [0.2, 0.25) is 0 Å². The first-order chi connectivity index (χ1) is 56.6. The summed E-state index contributed by atoms with van der Waals surface area (Å²) in [6.45, 7) is 0. The summed E-state index contributed by atoms with van der Waals surface area (Å²) in [4.78, 5) is 0. The second-order valence-electron chi connectivity index (χ2n) is 29.9. The Kier molecular flexibility index (Phi) is 14.9. The third-order valence-corrected chi connectivity index (χ3v) is 23.7. The summed E-state index contributed by atoms with van der Waals surface area (Å²) in [5.41, 5.74) is 31.0. The molecule has 0 fully saturated rings. The van der Waals surface area contributed by atoms with Crippen LogP contribution in [0.1, 0.15) is 0 Å². The van der Waals surface area contributed by atoms with Gasteiger partial charge in [0.25, 0.3) is 0 Å². The molecule has 6 aromatic heterocycles. The molecule has 6 heteroatoms. The third-order valence-electron chi connectivity index (χ3n) is 23.7. The lowest BCUT2D eigenvalue weighted by Crippen LogP contribution is -1.98. The smallest absolute Gasteiger partial charge is 0.0541 e. The quantitative estimate of drug-likeness (QED) is 0.131. The molecule has 0 aliphatic heterocycles. The molecule has 0 amide bonds. The maximum absolute atomic E-state index is 2.42. The monoisotopic (exact) mass is 1450 g/mol. The Morgan fingerprint density at radius 2 is 0.281 bits per heavy atom. The van der Waals surface area contributed by atoms with Crippen LogP contribution in [-0.2, 0) is 0 Å². The highest BCUT2D eigenvalue weighted by Crippen LogP contribution is 2.44. The van der Waals surface area contributed by atoms with Crippen LogP contribution in [-0.4, -0.2) is 27.4 Å². The second kappa shape index (κ2) is 26.2. The summed E-state index contributed by atoms with van der Waals surface area (Å²) < 4.78 is 14.4. The van der Waals surface area contributed by atoms with Crippen LogP contribution in [0.4, 0.5) is 0 Å². The maximum Gasteiger partial charge on any atom is 0.0541 e. The lowest BCUT2D eigenvalue weighted by molar-refractivity contribution is 1.13. The molecule has 24 rings (SSSR count). The van der Waals surface area contributed by atoms with Gasteiger partial charge in [-0.15, -0.1) is 0 Å². The van der Waals surface area contributed by atoms with Gasteiger partial charge in [-0.25, -0.2) is 0 Å². The minimum absolute atomic E-state index is 1.14. The first-order valence-electron chi connectivity index (χ1n) is 39.2. The number of hydrogen-bond donors (Lipinski definition) is 0. The molecule has 18 aromatic carbocycles. The maximum atomic E-state index is 2.42. The van der Waals surface area contributed by atoms with Crippen molar-refractivity contribution >= 4 is 131 Å². The summed E-state index contributed by atoms with van der Waals surface area (Å²) in [7, 11) is 0. The standard InChI is InChI=1S/2C54H35N3/c1-2-14-36(15-3-1)37-16-12-17-40(32-37)55-51-26-10-6-22-45(51)47-33-38(28-30-53(47)55)39-29-31-54-48(34-39)46-23-7-11-27-52(46)57(54)42-19-13-18-41(35-42)56-49-24-8-4-20-43(49)44-21-5-9-25-50(44)56;1-2-13-36(14-3-1)37-25-29-40(30-26-37)55-51-23-10-6-19-45(51)47-33-38(27-31-53(47)55)39-28-32-54-48(34-39)46-20-7-11-24-52(46)57(54)42-16-12-15-41(35-42)56-49-21-8-4-17-43(49)44-18-5-9-22-50(44)56/h2*1-35H. The van der Waals surface area contributed by atoms with Gasteiger partial charge in [0.2, 0.25) is 0 Å². The van der Waals surface area contributed by atoms with Gasteiger partial charge in [0.05, 0.1) is 66.2 Å². The highest BCUT2D eigenvalue weighted by atomic mass is 15.0. The van der Waals surface area contributed by atoms with Crippen LogP contribution in [0.15, 0.2) is 425 Å². The van der Waals surface area contributed by atoms with E-state index in [2.05, 4.69) is 452 Å². The molecule has 0 saturated heterocycles. The fourth-order valence-electron chi connectivity index (χ4n) is 18.6. The van der Waals surface area contributed by atoms with Crippen molar-refractivity contribution in [2.75, 3.05) is 0 Å². The summed E-state index contributed by atoms with van der Waals surface area (Å²) >= 11 is 0. The average molecular weight is 1450 g/mol. The van der Waals surface area contributed by atoms with Gasteiger partial charge in [-0.2, -0.15) is 0 Å². The molecule has 532 valence electrons. The molecular weight excluding hydrogens is 1380 g/mol. The second-order valence-corrected chi connectivity index (χ2v) is 29.9. The minimum Gasteiger partial charge on any atom is -0.309 e. The zero-order valence-electron chi connectivity index (χ0n) is 62.1. The van der Waals surface area contributed by atoms with Gasteiger partial charge < -0.3 is 27.4 Å². The highest BCUT2D eigenvalue weighted by molar-refractivity contribution is 6.16. The number of fused-ring (bicyclic) bond motifs is 18. The molecule has 0 saturated carbocycles. The number of para-hydroxylation sites is 8. The van der Waals surface area contributed by atoms with E-state index in [1.54, 1.807) is 0 Å². The SMILES string of the molecule is c1ccc(-c2ccc(-n3c4ccccc4c4cc(-c5ccc6c(c5)c5ccccc5n6-c5cccc(-n6c7ccccc7c7ccccc76)c5)ccc43)cc2)cc1.c1ccc(-c2cccc(-n3c4ccccc4c4cc(-c5ccc6c(c5)c5ccccc5n6-c5cccc(-n6c7ccccc7c7ccccc76)c5)ccc43)c2)cc1. The highest BCUT2D eigenvalue weighted by Gasteiger charge is 2.22. The molecule has 24 aromatic rings. The molecular formula is C108H70N6. The average Bonchev–Trinajstić information content (AvgIpc) is 1.58. The van der Waals surface area contributed by atoms with Crippen LogP contribution in [0.3, 0.4) is 0 Å². The molecule has 0 spiro atoms. The van der Waals surface area contributed by atoms with Crippen molar-refractivity contribution in [3.05, 3.63) is 425 Å². The van der Waals surface area contributed by atoms with E-state index in [0.717, 1.165) is 34.1 Å². The Hall–Kier alpha value is -15.2. The van der Waals surface area contributed by atoms with Crippen LogP contribution in [0.25, 0.3) is 209 Å². The molecule has 0 bridgehead atoms. The van der Waals surface area contributed by atoms with Crippen molar-refractivity contribution in [1.29, 1.82) is 0 Å². The predicted octanol–water partition coefficient (Wildman–Crippen LogP) is 28.6. The normalized spacial score (nSPS) is 11.9. The zero-order valence-corrected chi connectivity index (χ0v) is 62.1. The molecule has 0 aliphatic rings. The van der Waals surface area contributed by atoms with Crippen molar-refractivity contribution in [3.63, 3.8) is 0 Å². The van der Waals surface area contributed by atoms with Crippen molar-refractivity contribution in [1.82, 2.24) is 27.4 Å². The summed E-state index contributed by atoms with van der Waals surface area (Å²) in [5.74, 6) is 0. The molecule has 0 radical (unpaired) electrons. The van der Waals surface area contributed by atoms with E-state index in [9.17, 15) is 0 Å². The molecule has 6 nitrogen and oxygen atoms in total. The van der Waals surface area contributed by atoms with Gasteiger partial charge in [0.15, 0.2) is 0 Å². The number of hydrogen-bond acceptors (Lipinski definition) is 0.